The molecule has 1 unspecified atom stereocenters. The van der Waals surface area contributed by atoms with Crippen molar-refractivity contribution in [3.8, 4) is 0 Å². The van der Waals surface area contributed by atoms with E-state index in [1.807, 2.05) is 24.3 Å². The minimum Gasteiger partial charge on any atom is -0.550 e. The highest BCUT2D eigenvalue weighted by molar-refractivity contribution is 8.02. The largest absolute Gasteiger partial charge is 0.550 e. The molecule has 1 heterocycles. The molecule has 1 atom stereocenters. The Morgan fingerprint density at radius 1 is 1.33 bits per heavy atom. The van der Waals surface area contributed by atoms with Gasteiger partial charge in [0.2, 0.25) is 0 Å². The summed E-state index contributed by atoms with van der Waals surface area (Å²) in [4.78, 5) is 25.5. The number of nitrogens with zero attached hydrogens (tertiary/aromatic N) is 1. The number of para-hydroxylation sites is 1. The molecule has 0 spiro atoms. The summed E-state index contributed by atoms with van der Waals surface area (Å²) in [5.41, 5.74) is 0.760. The molecule has 0 aliphatic rings. The Labute approximate surface area is 110 Å². The van der Waals surface area contributed by atoms with E-state index in [0.717, 1.165) is 22.0 Å². The van der Waals surface area contributed by atoms with E-state index in [-0.39, 0.29) is 0 Å². The lowest BCUT2D eigenvalue weighted by atomic mass is 10.3. The predicted octanol–water partition coefficient (Wildman–Crippen LogP) is -0.353. The van der Waals surface area contributed by atoms with E-state index in [4.69, 9.17) is 0 Å². The number of rotatable bonds is 5. The minimum atomic E-state index is -1.43. The molecule has 0 fully saturated rings. The quantitative estimate of drug-likeness (QED) is 0.695. The second-order valence-corrected chi connectivity index (χ2v) is 5.93. The monoisotopic (exact) mass is 281 g/mol. The number of thioether (sulfide) groups is 1. The van der Waals surface area contributed by atoms with Crippen LogP contribution in [0, 0.1) is 0 Å². The van der Waals surface area contributed by atoms with E-state index in [0.29, 0.717) is 4.34 Å². The number of carboxylic acids is 2. The second-order valence-electron chi connectivity index (χ2n) is 3.45. The summed E-state index contributed by atoms with van der Waals surface area (Å²) in [6, 6.07) is 7.35. The van der Waals surface area contributed by atoms with Gasteiger partial charge in [-0.3, -0.25) is 0 Å². The normalized spacial score (nSPS) is 12.4. The van der Waals surface area contributed by atoms with Gasteiger partial charge in [-0.05, 0) is 12.1 Å². The Morgan fingerprint density at radius 2 is 2.06 bits per heavy atom. The molecule has 0 aliphatic carbocycles. The molecule has 7 heteroatoms. The van der Waals surface area contributed by atoms with Crippen LogP contribution in [0.3, 0.4) is 0 Å². The molecule has 0 saturated heterocycles. The number of aromatic nitrogens is 1. The fourth-order valence-electron chi connectivity index (χ4n) is 1.35. The van der Waals surface area contributed by atoms with Crippen LogP contribution in [0.4, 0.5) is 0 Å². The molecular weight excluding hydrogens is 274 g/mol. The molecular formula is C11H7NO4S2-2. The van der Waals surface area contributed by atoms with Gasteiger partial charge in [0.15, 0.2) is 4.34 Å². The molecule has 2 rings (SSSR count). The SMILES string of the molecule is O=C([O-])CC(Sc1nc2ccccc2s1)C(=O)[O-]. The van der Waals surface area contributed by atoms with Crippen molar-refractivity contribution >= 4 is 45.3 Å². The van der Waals surface area contributed by atoms with E-state index in [1.54, 1.807) is 0 Å². The lowest BCUT2D eigenvalue weighted by molar-refractivity contribution is -0.314. The first-order valence-corrected chi connectivity index (χ1v) is 6.69. The van der Waals surface area contributed by atoms with Crippen LogP contribution in [0.5, 0.6) is 0 Å². The van der Waals surface area contributed by atoms with E-state index in [9.17, 15) is 19.8 Å². The average Bonchev–Trinajstić information content (AvgIpc) is 2.69. The van der Waals surface area contributed by atoms with Gasteiger partial charge in [-0.25, -0.2) is 4.98 Å². The summed E-state index contributed by atoms with van der Waals surface area (Å²) < 4.78 is 1.43. The molecule has 94 valence electrons. The van der Waals surface area contributed by atoms with Crippen LogP contribution in [0.15, 0.2) is 28.6 Å². The van der Waals surface area contributed by atoms with Crippen molar-refractivity contribution in [2.24, 2.45) is 0 Å². The molecule has 0 aliphatic heterocycles. The number of benzene rings is 1. The van der Waals surface area contributed by atoms with Crippen molar-refractivity contribution in [1.82, 2.24) is 4.98 Å². The van der Waals surface area contributed by atoms with Gasteiger partial charge in [-0.15, -0.1) is 11.3 Å². The average molecular weight is 281 g/mol. The maximum atomic E-state index is 10.8. The van der Waals surface area contributed by atoms with Crippen LogP contribution in [0.25, 0.3) is 10.2 Å². The summed E-state index contributed by atoms with van der Waals surface area (Å²) in [6.07, 6.45) is -0.594. The first kappa shape index (κ1) is 12.8. The summed E-state index contributed by atoms with van der Waals surface area (Å²) in [5.74, 6) is -2.85. The number of hydrogen-bond acceptors (Lipinski definition) is 7. The summed E-state index contributed by atoms with van der Waals surface area (Å²) in [7, 11) is 0. The number of carbonyl (C=O) groups excluding carboxylic acids is 2. The Morgan fingerprint density at radius 3 is 2.67 bits per heavy atom. The van der Waals surface area contributed by atoms with Gasteiger partial charge in [0.1, 0.15) is 0 Å². The topological polar surface area (TPSA) is 93.2 Å². The van der Waals surface area contributed by atoms with Crippen LogP contribution in [0.1, 0.15) is 6.42 Å². The molecule has 0 saturated carbocycles. The number of aliphatic carboxylic acids is 2. The van der Waals surface area contributed by atoms with Gasteiger partial charge < -0.3 is 19.8 Å². The van der Waals surface area contributed by atoms with Gasteiger partial charge in [-0.2, -0.15) is 0 Å². The molecule has 1 aromatic carbocycles. The highest BCUT2D eigenvalue weighted by Crippen LogP contribution is 2.32. The van der Waals surface area contributed by atoms with Crippen LogP contribution in [0.2, 0.25) is 0 Å². The van der Waals surface area contributed by atoms with Gasteiger partial charge in [0.05, 0.1) is 21.4 Å². The fourth-order valence-corrected chi connectivity index (χ4v) is 3.56. The first-order chi connectivity index (χ1) is 8.56. The number of carboxylic acid groups (broad SMARTS) is 2. The van der Waals surface area contributed by atoms with Crippen molar-refractivity contribution in [3.63, 3.8) is 0 Å². The zero-order valence-corrected chi connectivity index (χ0v) is 10.6. The highest BCUT2D eigenvalue weighted by atomic mass is 32.2. The van der Waals surface area contributed by atoms with Crippen LogP contribution < -0.4 is 10.2 Å². The number of thiazole rings is 1. The van der Waals surface area contributed by atoms with Gasteiger partial charge in [0.25, 0.3) is 0 Å². The summed E-state index contributed by atoms with van der Waals surface area (Å²) >= 11 is 2.19. The molecule has 0 bridgehead atoms. The Bertz CT molecular complexity index is 562. The Balaban J connectivity index is 2.20. The van der Waals surface area contributed by atoms with E-state index in [1.165, 1.54) is 11.3 Å². The number of fused-ring (bicyclic) bond motifs is 1. The maximum absolute atomic E-state index is 10.8. The molecule has 1 aromatic heterocycles. The van der Waals surface area contributed by atoms with E-state index < -0.39 is 23.6 Å². The van der Waals surface area contributed by atoms with Crippen LogP contribution in [-0.2, 0) is 9.59 Å². The van der Waals surface area contributed by atoms with Crippen LogP contribution >= 0.6 is 23.1 Å². The summed E-state index contributed by atoms with van der Waals surface area (Å²) in [6.45, 7) is 0. The third-order valence-electron chi connectivity index (χ3n) is 2.13. The second kappa shape index (κ2) is 5.36. The van der Waals surface area contributed by atoms with Crippen molar-refractivity contribution in [3.05, 3.63) is 24.3 Å². The van der Waals surface area contributed by atoms with Gasteiger partial charge in [-0.1, -0.05) is 23.9 Å². The van der Waals surface area contributed by atoms with E-state index >= 15 is 0 Å². The Hall–Kier alpha value is -1.60. The molecule has 18 heavy (non-hydrogen) atoms. The molecule has 5 nitrogen and oxygen atoms in total. The number of hydrogen-bond donors (Lipinski definition) is 0. The van der Waals surface area contributed by atoms with Gasteiger partial charge >= 0.3 is 0 Å². The van der Waals surface area contributed by atoms with Crippen molar-refractivity contribution in [2.75, 3.05) is 0 Å². The number of carbonyl (C=O) groups is 2. The van der Waals surface area contributed by atoms with Crippen molar-refractivity contribution in [2.45, 2.75) is 16.0 Å². The maximum Gasteiger partial charge on any atom is 0.151 e. The molecule has 0 N–H and O–H groups in total. The third-order valence-corrected chi connectivity index (χ3v) is 4.44. The molecule has 0 amide bonds. The fraction of sp³-hybridized carbons (Fsp3) is 0.182. The standard InChI is InChI=1S/C11H9NO4S2/c13-9(14)5-8(10(15)16)18-11-12-6-3-1-2-4-7(6)17-11/h1-4,8H,5H2,(H,13,14)(H,15,16)/p-2. The zero-order chi connectivity index (χ0) is 13.1. The smallest absolute Gasteiger partial charge is 0.151 e. The van der Waals surface area contributed by atoms with Crippen molar-refractivity contribution in [1.29, 1.82) is 0 Å². The Kier molecular flexibility index (Phi) is 3.83. The third kappa shape index (κ3) is 2.99. The lowest BCUT2D eigenvalue weighted by Crippen LogP contribution is -2.38. The van der Waals surface area contributed by atoms with Crippen LogP contribution in [-0.4, -0.2) is 22.2 Å². The molecule has 2 aromatic rings. The van der Waals surface area contributed by atoms with Gasteiger partial charge in [0, 0.05) is 12.4 Å². The van der Waals surface area contributed by atoms with E-state index in [2.05, 4.69) is 4.98 Å². The lowest BCUT2D eigenvalue weighted by Gasteiger charge is -2.16. The zero-order valence-electron chi connectivity index (χ0n) is 8.99. The highest BCUT2D eigenvalue weighted by Gasteiger charge is 2.15. The molecule has 0 radical (unpaired) electrons. The predicted molar refractivity (Wildman–Crippen MR) is 63.9 cm³/mol. The van der Waals surface area contributed by atoms with Crippen molar-refractivity contribution < 1.29 is 19.8 Å². The summed E-state index contributed by atoms with van der Waals surface area (Å²) in [5, 5.41) is 20.1. The first-order valence-electron chi connectivity index (χ1n) is 4.99. The minimum absolute atomic E-state index is 0.506.